The molecule has 6 unspecified atom stereocenters. The van der Waals surface area contributed by atoms with Crippen molar-refractivity contribution in [3.05, 3.63) is 42.6 Å². The van der Waals surface area contributed by atoms with Gasteiger partial charge in [0.25, 0.3) is 0 Å². The van der Waals surface area contributed by atoms with Gasteiger partial charge in [0.1, 0.15) is 29.6 Å². The first-order chi connectivity index (χ1) is 16.4. The van der Waals surface area contributed by atoms with Gasteiger partial charge in [-0.05, 0) is 39.8 Å². The van der Waals surface area contributed by atoms with E-state index < -0.39 is 50.4 Å². The molecule has 0 radical (unpaired) electrons. The number of carbonyl (C=O) groups is 2. The number of rotatable bonds is 10. The number of hydrogen-bond acceptors (Lipinski definition) is 10. The first-order valence-electron chi connectivity index (χ1n) is 11.2. The summed E-state index contributed by atoms with van der Waals surface area (Å²) in [4.78, 5) is 25.2. The molecule has 1 amide bonds. The quantitative estimate of drug-likeness (QED) is 0.260. The molecule has 1 aromatic carbocycles. The SMILES string of the molecule is CC(C)OC(=O)C(C)NP(=O)(OCC1OC(N2C=CC(=O)NC2)C(C)(O)C1O)Oc1ccccc1. The normalized spacial score (nSPS) is 28.9. The van der Waals surface area contributed by atoms with Gasteiger partial charge >= 0.3 is 13.7 Å². The summed E-state index contributed by atoms with van der Waals surface area (Å²) >= 11 is 0. The third-order valence-corrected chi connectivity index (χ3v) is 6.99. The number of nitrogens with one attached hydrogen (secondary N) is 2. The molecule has 0 aromatic heterocycles. The lowest BCUT2D eigenvalue weighted by molar-refractivity contribution is -0.149. The average Bonchev–Trinajstić information content (AvgIpc) is 3.02. The maximum absolute atomic E-state index is 13.6. The fourth-order valence-electron chi connectivity index (χ4n) is 3.56. The molecule has 4 N–H and O–H groups in total. The smallest absolute Gasteiger partial charge is 0.459 e. The lowest BCUT2D eigenvalue weighted by atomic mass is 9.96. The van der Waals surface area contributed by atoms with Gasteiger partial charge in [0.05, 0.1) is 19.4 Å². The van der Waals surface area contributed by atoms with E-state index in [1.165, 1.54) is 31.0 Å². The van der Waals surface area contributed by atoms with Gasteiger partial charge in [0, 0.05) is 12.3 Å². The second-order valence-electron chi connectivity index (χ2n) is 8.76. The third kappa shape index (κ3) is 6.81. The minimum absolute atomic E-state index is 0.0586. The molecule has 0 bridgehead atoms. The van der Waals surface area contributed by atoms with Crippen molar-refractivity contribution < 1.29 is 42.9 Å². The third-order valence-electron chi connectivity index (χ3n) is 5.34. The summed E-state index contributed by atoms with van der Waals surface area (Å²) in [6.07, 6.45) is -1.22. The van der Waals surface area contributed by atoms with Crippen LogP contribution >= 0.6 is 7.75 Å². The Bertz CT molecular complexity index is 972. The maximum Gasteiger partial charge on any atom is 0.459 e. The molecule has 12 nitrogen and oxygen atoms in total. The molecule has 2 aliphatic heterocycles. The molecule has 194 valence electrons. The molecular formula is C22H32N3O9P. The van der Waals surface area contributed by atoms with Gasteiger partial charge in [-0.25, -0.2) is 4.57 Å². The number of hydrogen-bond donors (Lipinski definition) is 4. The van der Waals surface area contributed by atoms with Gasteiger partial charge in [0.2, 0.25) is 5.91 Å². The lowest BCUT2D eigenvalue weighted by Crippen LogP contribution is -2.54. The number of para-hydroxylation sites is 1. The second-order valence-corrected chi connectivity index (χ2v) is 10.5. The summed E-state index contributed by atoms with van der Waals surface area (Å²) in [5.74, 6) is -0.728. The largest absolute Gasteiger partial charge is 0.462 e. The van der Waals surface area contributed by atoms with Crippen molar-refractivity contribution in [1.82, 2.24) is 15.3 Å². The topological polar surface area (TPSA) is 156 Å². The number of carbonyl (C=O) groups excluding carboxylic acids is 2. The molecule has 3 rings (SSSR count). The van der Waals surface area contributed by atoms with Crippen molar-refractivity contribution in [2.75, 3.05) is 13.3 Å². The van der Waals surface area contributed by atoms with E-state index in [2.05, 4.69) is 10.4 Å². The molecule has 6 atom stereocenters. The van der Waals surface area contributed by atoms with Crippen molar-refractivity contribution in [1.29, 1.82) is 0 Å². The summed E-state index contributed by atoms with van der Waals surface area (Å²) in [7, 11) is -4.18. The zero-order chi connectivity index (χ0) is 25.8. The van der Waals surface area contributed by atoms with E-state index in [1.54, 1.807) is 44.2 Å². The number of benzene rings is 1. The van der Waals surface area contributed by atoms with Crippen LogP contribution in [0.1, 0.15) is 27.7 Å². The van der Waals surface area contributed by atoms with Crippen LogP contribution in [-0.2, 0) is 28.2 Å². The molecule has 13 heteroatoms. The number of ether oxygens (including phenoxy) is 2. The standard InChI is InChI=1S/C22H32N3O9P/c1-14(2)32-20(28)15(3)24-35(30,34-16-8-6-5-7-9-16)31-12-17-19(27)22(4,29)21(33-17)25-11-10-18(26)23-13-25/h5-11,14-15,17,19,21,27,29H,12-13H2,1-4H3,(H,23,26)(H,24,30). The first-order valence-corrected chi connectivity index (χ1v) is 12.7. The van der Waals surface area contributed by atoms with E-state index in [9.17, 15) is 24.4 Å². The summed E-state index contributed by atoms with van der Waals surface area (Å²) in [5, 5.41) is 26.7. The van der Waals surface area contributed by atoms with Crippen molar-refractivity contribution in [2.24, 2.45) is 0 Å². The van der Waals surface area contributed by atoms with E-state index in [1.807, 2.05) is 0 Å². The number of aliphatic hydroxyl groups excluding tert-OH is 1. The van der Waals surface area contributed by atoms with Crippen LogP contribution in [0, 0.1) is 0 Å². The van der Waals surface area contributed by atoms with E-state index >= 15 is 0 Å². The monoisotopic (exact) mass is 513 g/mol. The van der Waals surface area contributed by atoms with Crippen LogP contribution in [0.3, 0.4) is 0 Å². The molecule has 0 saturated carbocycles. The van der Waals surface area contributed by atoms with E-state index in [0.29, 0.717) is 0 Å². The highest BCUT2D eigenvalue weighted by Gasteiger charge is 2.55. The summed E-state index contributed by atoms with van der Waals surface area (Å²) in [6, 6.07) is 7.18. The predicted octanol–water partition coefficient (Wildman–Crippen LogP) is 0.860. The minimum Gasteiger partial charge on any atom is -0.462 e. The summed E-state index contributed by atoms with van der Waals surface area (Å²) in [6.45, 7) is 5.82. The second kappa shape index (κ2) is 11.1. The molecular weight excluding hydrogens is 481 g/mol. The highest BCUT2D eigenvalue weighted by molar-refractivity contribution is 7.52. The molecule has 0 aliphatic carbocycles. The van der Waals surface area contributed by atoms with E-state index in [0.717, 1.165) is 0 Å². The number of esters is 1. The average molecular weight is 513 g/mol. The van der Waals surface area contributed by atoms with Gasteiger partial charge < -0.3 is 34.4 Å². The fraction of sp³-hybridized carbons (Fsp3) is 0.545. The Hall–Kier alpha value is -2.47. The van der Waals surface area contributed by atoms with Crippen LogP contribution in [-0.4, -0.2) is 76.4 Å². The van der Waals surface area contributed by atoms with Crippen LogP contribution in [0.5, 0.6) is 5.75 Å². The van der Waals surface area contributed by atoms with Crippen molar-refractivity contribution >= 4 is 19.6 Å². The number of amides is 1. The number of nitrogens with zero attached hydrogens (tertiary/aromatic N) is 1. The van der Waals surface area contributed by atoms with Gasteiger partial charge in [-0.3, -0.25) is 14.1 Å². The first kappa shape index (κ1) is 27.1. The summed E-state index contributed by atoms with van der Waals surface area (Å²) < 4.78 is 35.7. The Kier molecular flexibility index (Phi) is 8.58. The molecule has 1 fully saturated rings. The maximum atomic E-state index is 13.6. The molecule has 2 aliphatic rings. The highest BCUT2D eigenvalue weighted by Crippen LogP contribution is 2.46. The Morgan fingerprint density at radius 1 is 1.34 bits per heavy atom. The van der Waals surface area contributed by atoms with Crippen molar-refractivity contribution in [3.8, 4) is 5.75 Å². The highest BCUT2D eigenvalue weighted by atomic mass is 31.2. The van der Waals surface area contributed by atoms with Crippen LogP contribution in [0.2, 0.25) is 0 Å². The van der Waals surface area contributed by atoms with E-state index in [-0.39, 0.29) is 24.4 Å². The predicted molar refractivity (Wildman–Crippen MR) is 124 cm³/mol. The Morgan fingerprint density at radius 2 is 2.03 bits per heavy atom. The van der Waals surface area contributed by atoms with Crippen LogP contribution in [0.25, 0.3) is 0 Å². The van der Waals surface area contributed by atoms with Gasteiger partial charge in [-0.2, -0.15) is 5.09 Å². The zero-order valence-corrected chi connectivity index (χ0v) is 20.9. The molecule has 2 heterocycles. The molecule has 1 aromatic rings. The lowest BCUT2D eigenvalue weighted by Gasteiger charge is -2.36. The Morgan fingerprint density at radius 3 is 2.63 bits per heavy atom. The van der Waals surface area contributed by atoms with E-state index in [4.69, 9.17) is 18.5 Å². The number of aliphatic hydroxyl groups is 2. The van der Waals surface area contributed by atoms with Gasteiger partial charge in [0.15, 0.2) is 6.23 Å². The summed E-state index contributed by atoms with van der Waals surface area (Å²) in [5.41, 5.74) is -1.74. The fourth-order valence-corrected chi connectivity index (χ4v) is 5.06. The van der Waals surface area contributed by atoms with Crippen LogP contribution < -0.4 is 14.9 Å². The van der Waals surface area contributed by atoms with Crippen LogP contribution in [0.15, 0.2) is 42.6 Å². The zero-order valence-electron chi connectivity index (χ0n) is 20.0. The Labute approximate surface area is 203 Å². The molecule has 35 heavy (non-hydrogen) atoms. The van der Waals surface area contributed by atoms with Crippen molar-refractivity contribution in [3.63, 3.8) is 0 Å². The molecule has 1 saturated heterocycles. The van der Waals surface area contributed by atoms with Gasteiger partial charge in [-0.1, -0.05) is 18.2 Å². The minimum atomic E-state index is -4.18. The molecule has 0 spiro atoms. The van der Waals surface area contributed by atoms with Crippen LogP contribution in [0.4, 0.5) is 0 Å². The Balaban J connectivity index is 1.73. The van der Waals surface area contributed by atoms with Crippen molar-refractivity contribution in [2.45, 2.75) is 63.9 Å². The van der Waals surface area contributed by atoms with Gasteiger partial charge in [-0.15, -0.1) is 0 Å².